The molecular weight excluding hydrogens is 354 g/mol. The molecule has 3 aromatic rings. The van der Waals surface area contributed by atoms with Gasteiger partial charge in [-0.05, 0) is 30.3 Å². The number of fused-ring (bicyclic) bond motifs is 1. The fraction of sp³-hybridized carbons (Fsp3) is 0.158. The number of hydrogen-bond donors (Lipinski definition) is 3. The predicted molar refractivity (Wildman–Crippen MR) is 110 cm³/mol. The maximum atomic E-state index is 5.56. The first-order valence-electron chi connectivity index (χ1n) is 8.62. The van der Waals surface area contributed by atoms with Crippen LogP contribution in [-0.4, -0.2) is 32.5 Å². The zero-order chi connectivity index (χ0) is 19.9. The summed E-state index contributed by atoms with van der Waals surface area (Å²) < 4.78 is 1.57. The van der Waals surface area contributed by atoms with E-state index in [1.165, 1.54) is 6.20 Å². The standard InChI is InChI=1S/C19H21N9/c1-4-28(3)27-13(2)24-17-12-23-19(26-20)18(25-17)22-11-14-7-8-16-15(10-14)6-5-9-21-16/h4-10,12H,1,11H2,2-3H3,(H3,20,22,24,25,27)/p+1. The first-order valence-corrected chi connectivity index (χ1v) is 8.62. The molecule has 0 radical (unpaired) electrons. The Morgan fingerprint density at radius 2 is 2.14 bits per heavy atom. The van der Waals surface area contributed by atoms with Gasteiger partial charge in [0.05, 0.1) is 11.7 Å². The third-order valence-electron chi connectivity index (χ3n) is 3.87. The van der Waals surface area contributed by atoms with Crippen molar-refractivity contribution in [2.75, 3.05) is 17.8 Å². The lowest BCUT2D eigenvalue weighted by Crippen LogP contribution is -2.13. The summed E-state index contributed by atoms with van der Waals surface area (Å²) in [5, 5.41) is 8.54. The summed E-state index contributed by atoms with van der Waals surface area (Å²) in [6.45, 7) is 5.96. The number of hydrogen-bond acceptors (Lipinski definition) is 7. The van der Waals surface area contributed by atoms with Gasteiger partial charge in [0.1, 0.15) is 0 Å². The Bertz CT molecular complexity index is 1060. The number of nitrogen functional groups attached to an aromatic ring is 1. The summed E-state index contributed by atoms with van der Waals surface area (Å²) in [6.07, 6.45) is 4.88. The first-order chi connectivity index (χ1) is 13.6. The summed E-state index contributed by atoms with van der Waals surface area (Å²) in [5.74, 6) is 7.43. The van der Waals surface area contributed by atoms with Gasteiger partial charge in [-0.1, -0.05) is 16.8 Å². The molecule has 0 atom stereocenters. The molecule has 3 rings (SSSR count). The normalized spacial score (nSPS) is 12.1. The van der Waals surface area contributed by atoms with Gasteiger partial charge < -0.3 is 10.7 Å². The molecule has 142 valence electrons. The van der Waals surface area contributed by atoms with Gasteiger partial charge >= 0.3 is 0 Å². The Kier molecular flexibility index (Phi) is 5.97. The number of rotatable bonds is 6. The third kappa shape index (κ3) is 4.71. The summed E-state index contributed by atoms with van der Waals surface area (Å²) in [5.41, 5.74) is 4.58. The van der Waals surface area contributed by atoms with E-state index in [0.29, 0.717) is 29.8 Å². The fourth-order valence-corrected chi connectivity index (χ4v) is 2.54. The van der Waals surface area contributed by atoms with Crippen LogP contribution < -0.4 is 16.6 Å². The zero-order valence-electron chi connectivity index (χ0n) is 15.8. The van der Waals surface area contributed by atoms with Crippen molar-refractivity contribution < 1.29 is 4.70 Å². The number of azo groups is 2. The summed E-state index contributed by atoms with van der Waals surface area (Å²) in [7, 11) is 1.77. The van der Waals surface area contributed by atoms with Crippen LogP contribution in [0.5, 0.6) is 0 Å². The Balaban J connectivity index is 1.81. The molecule has 0 saturated heterocycles. The lowest BCUT2D eigenvalue weighted by Gasteiger charge is -2.10. The van der Waals surface area contributed by atoms with Crippen LogP contribution >= 0.6 is 0 Å². The summed E-state index contributed by atoms with van der Waals surface area (Å²) >= 11 is 0. The third-order valence-corrected chi connectivity index (χ3v) is 3.87. The molecule has 0 spiro atoms. The topological polar surface area (TPSA) is 116 Å². The van der Waals surface area contributed by atoms with Gasteiger partial charge in [0.2, 0.25) is 0 Å². The van der Waals surface area contributed by atoms with Crippen molar-refractivity contribution in [3.05, 3.63) is 61.1 Å². The van der Waals surface area contributed by atoms with Gasteiger partial charge in [0.15, 0.2) is 36.5 Å². The number of nitrogens with two attached hydrogens (primary N) is 1. The number of amidine groups is 1. The van der Waals surface area contributed by atoms with Crippen LogP contribution in [0.4, 0.5) is 17.5 Å². The number of anilines is 2. The largest absolute Gasteiger partial charge is 0.363 e. The van der Waals surface area contributed by atoms with Crippen LogP contribution in [0.3, 0.4) is 0 Å². The zero-order valence-corrected chi connectivity index (χ0v) is 15.8. The van der Waals surface area contributed by atoms with Crippen LogP contribution in [0.25, 0.3) is 10.9 Å². The highest BCUT2D eigenvalue weighted by molar-refractivity contribution is 5.82. The minimum Gasteiger partial charge on any atom is -0.363 e. The Labute approximate surface area is 162 Å². The van der Waals surface area contributed by atoms with Crippen molar-refractivity contribution in [1.82, 2.24) is 15.0 Å². The molecule has 0 aliphatic carbocycles. The maximum Gasteiger partial charge on any atom is 0.194 e. The maximum absolute atomic E-state index is 5.56. The smallest absolute Gasteiger partial charge is 0.194 e. The lowest BCUT2D eigenvalue weighted by atomic mass is 10.1. The van der Waals surface area contributed by atoms with Gasteiger partial charge in [0, 0.05) is 30.2 Å². The second-order valence-electron chi connectivity index (χ2n) is 5.97. The van der Waals surface area contributed by atoms with Crippen molar-refractivity contribution in [2.45, 2.75) is 13.5 Å². The number of aromatic nitrogens is 3. The molecule has 0 fully saturated rings. The number of nitrogens with one attached hydrogen (secondary N) is 2. The van der Waals surface area contributed by atoms with Gasteiger partial charge in [0.25, 0.3) is 0 Å². The monoisotopic (exact) mass is 376 g/mol. The second-order valence-corrected chi connectivity index (χ2v) is 5.97. The molecule has 0 unspecified atom stereocenters. The van der Waals surface area contributed by atoms with E-state index >= 15 is 0 Å². The lowest BCUT2D eigenvalue weighted by molar-refractivity contribution is -0.489. The molecule has 0 bridgehead atoms. The molecule has 9 heteroatoms. The Morgan fingerprint density at radius 1 is 1.29 bits per heavy atom. The number of aliphatic imine (C=N–C) groups is 1. The molecule has 0 aliphatic rings. The molecule has 9 nitrogen and oxygen atoms in total. The first kappa shape index (κ1) is 19.1. The van der Waals surface area contributed by atoms with E-state index in [0.717, 1.165) is 16.5 Å². The highest BCUT2D eigenvalue weighted by Gasteiger charge is 2.08. The minimum atomic E-state index is 0.419. The molecule has 0 saturated carbocycles. The molecule has 4 N–H and O–H groups in total. The van der Waals surface area contributed by atoms with Crippen molar-refractivity contribution in [3.8, 4) is 0 Å². The molecule has 2 aromatic heterocycles. The van der Waals surface area contributed by atoms with Gasteiger partial charge in [-0.3, -0.25) is 4.98 Å². The molecule has 2 heterocycles. The fourth-order valence-electron chi connectivity index (χ4n) is 2.54. The van der Waals surface area contributed by atoms with Crippen LogP contribution in [0.1, 0.15) is 12.5 Å². The Morgan fingerprint density at radius 3 is 2.93 bits per heavy atom. The van der Waals surface area contributed by atoms with Gasteiger partial charge in [-0.2, -0.15) is 0 Å². The van der Waals surface area contributed by atoms with Crippen molar-refractivity contribution in [1.29, 1.82) is 0 Å². The number of hydrazine groups is 1. The van der Waals surface area contributed by atoms with E-state index in [9.17, 15) is 0 Å². The van der Waals surface area contributed by atoms with Crippen LogP contribution in [0.15, 0.2) is 65.6 Å². The average Bonchev–Trinajstić information content (AvgIpc) is 2.72. The minimum absolute atomic E-state index is 0.419. The van der Waals surface area contributed by atoms with Crippen LogP contribution in [-0.2, 0) is 6.54 Å². The van der Waals surface area contributed by atoms with E-state index in [1.807, 2.05) is 24.3 Å². The Hall–Kier alpha value is -3.72. The van der Waals surface area contributed by atoms with Crippen molar-refractivity contribution in [3.63, 3.8) is 0 Å². The number of pyridine rings is 1. The van der Waals surface area contributed by atoms with Crippen molar-refractivity contribution in [2.24, 2.45) is 15.9 Å². The highest BCUT2D eigenvalue weighted by atomic mass is 15.3. The van der Waals surface area contributed by atoms with Crippen LogP contribution in [0.2, 0.25) is 0 Å². The van der Waals surface area contributed by atoms with E-state index in [-0.39, 0.29) is 0 Å². The van der Waals surface area contributed by atoms with Crippen molar-refractivity contribution >= 4 is 34.2 Å². The second kappa shape index (κ2) is 8.78. The molecule has 28 heavy (non-hydrogen) atoms. The SMILES string of the molecule is C=C[N+](C)=NC(C)=Nc1cnc(NN)c(NCc2ccc3ncccc3c2)n1. The highest BCUT2D eigenvalue weighted by Crippen LogP contribution is 2.21. The molecule has 0 aliphatic heterocycles. The molecular formula is C19H22N9+. The van der Waals surface area contributed by atoms with Crippen LogP contribution in [0, 0.1) is 0 Å². The number of nitrogens with zero attached hydrogens (tertiary/aromatic N) is 6. The van der Waals surface area contributed by atoms with Gasteiger partial charge in [-0.15, -0.1) is 0 Å². The predicted octanol–water partition coefficient (Wildman–Crippen LogP) is 3.21. The average molecular weight is 376 g/mol. The van der Waals surface area contributed by atoms with Gasteiger partial charge in [-0.25, -0.2) is 20.8 Å². The summed E-state index contributed by atoms with van der Waals surface area (Å²) in [6, 6.07) is 10.0. The van der Waals surface area contributed by atoms with E-state index in [2.05, 4.69) is 48.4 Å². The summed E-state index contributed by atoms with van der Waals surface area (Å²) in [4.78, 5) is 17.4. The number of benzene rings is 1. The quantitative estimate of drug-likeness (QED) is 0.152. The van der Waals surface area contributed by atoms with E-state index in [4.69, 9.17) is 5.84 Å². The van der Waals surface area contributed by atoms with E-state index in [1.54, 1.807) is 31.1 Å². The van der Waals surface area contributed by atoms with E-state index < -0.39 is 0 Å². The molecule has 1 aromatic carbocycles. The molecule has 0 amide bonds.